The minimum absolute atomic E-state index is 0.149. The van der Waals surface area contributed by atoms with Gasteiger partial charge in [0.2, 0.25) is 27.7 Å². The van der Waals surface area contributed by atoms with Gasteiger partial charge in [-0.3, -0.25) is 5.32 Å². The van der Waals surface area contributed by atoms with E-state index in [1.807, 2.05) is 5.32 Å². The number of amides is 2. The number of urea groups is 1. The Morgan fingerprint density at radius 1 is 1.22 bits per heavy atom. The number of hydrogen-bond donors (Lipinski definition) is 2. The number of anilines is 1. The van der Waals surface area contributed by atoms with Gasteiger partial charge in [0.25, 0.3) is 0 Å². The molecule has 0 aliphatic rings. The zero-order valence-corrected chi connectivity index (χ0v) is 14.2. The van der Waals surface area contributed by atoms with Gasteiger partial charge in [0.1, 0.15) is 0 Å². The number of hydrogen-bond acceptors (Lipinski definition) is 9. The summed E-state index contributed by atoms with van der Waals surface area (Å²) in [5.41, 5.74) is 0. The first-order valence-corrected chi connectivity index (χ1v) is 8.51. The Labute approximate surface area is 134 Å². The minimum atomic E-state index is -2.91. The van der Waals surface area contributed by atoms with Crippen molar-refractivity contribution in [3.63, 3.8) is 0 Å². The molecule has 0 radical (unpaired) electrons. The van der Waals surface area contributed by atoms with Crippen LogP contribution in [-0.2, 0) is 20.5 Å². The van der Waals surface area contributed by atoms with Crippen LogP contribution in [0.15, 0.2) is 10.4 Å². The smallest absolute Gasteiger partial charge is 0.362 e. The lowest BCUT2D eigenvalue weighted by Crippen LogP contribution is -2.15. The van der Waals surface area contributed by atoms with Gasteiger partial charge >= 0.3 is 16.5 Å². The predicted octanol–water partition coefficient (Wildman–Crippen LogP) is -0.746. The van der Waals surface area contributed by atoms with Crippen molar-refractivity contribution < 1.29 is 31.1 Å². The fraction of sp³-hybridized carbons (Fsp3) is 0.444. The number of carbonyl (C=O) groups is 1. The quantitative estimate of drug-likeness (QED) is 0.694. The maximum Gasteiger partial charge on any atom is 0.362 e. The molecule has 2 amide bonds. The molecule has 0 atom stereocenters. The molecule has 0 aliphatic heterocycles. The average molecular weight is 369 g/mol. The second-order valence-electron chi connectivity index (χ2n) is 3.49. The lowest BCUT2D eigenvalue weighted by molar-refractivity contribution is 0.259. The molecule has 0 fully saturated rings. The van der Waals surface area contributed by atoms with E-state index in [4.69, 9.17) is 9.47 Å². The SMILES string of the molecule is CNS(C)(=O)=O.COc1cc(OC)nc(NC(=O)N=S(=O)=O)n1. The van der Waals surface area contributed by atoms with Gasteiger partial charge in [-0.05, 0) is 7.05 Å². The summed E-state index contributed by atoms with van der Waals surface area (Å²) in [6, 6.07) is 0.270. The van der Waals surface area contributed by atoms with E-state index in [0.29, 0.717) is 0 Å². The number of rotatable bonds is 4. The van der Waals surface area contributed by atoms with Crippen LogP contribution in [0.4, 0.5) is 10.7 Å². The average Bonchev–Trinajstić information content (AvgIpc) is 2.45. The van der Waals surface area contributed by atoms with Crippen molar-refractivity contribution >= 4 is 32.5 Å². The van der Waals surface area contributed by atoms with E-state index in [1.54, 1.807) is 0 Å². The minimum Gasteiger partial charge on any atom is -0.481 e. The lowest BCUT2D eigenvalue weighted by Gasteiger charge is -2.05. The molecule has 0 bridgehead atoms. The standard InChI is InChI=1S/C7H8N4O5S.C2H7NO2S/c1-15-4-3-5(16-2)9-6(8-4)10-7(12)11-17(13)14;1-3-6(2,4)5/h3H,1-2H3,(H,8,9,10,12);3H,1-2H3. The predicted molar refractivity (Wildman–Crippen MR) is 79.4 cm³/mol. The first-order valence-electron chi connectivity index (χ1n) is 5.59. The number of sulfonamides is 1. The zero-order valence-electron chi connectivity index (χ0n) is 12.6. The number of methoxy groups -OCH3 is 2. The van der Waals surface area contributed by atoms with E-state index in [9.17, 15) is 21.6 Å². The van der Waals surface area contributed by atoms with Crippen LogP contribution >= 0.6 is 0 Å². The molecule has 0 spiro atoms. The molecule has 130 valence electrons. The highest BCUT2D eigenvalue weighted by Gasteiger charge is 2.08. The molecule has 12 nitrogen and oxygen atoms in total. The summed E-state index contributed by atoms with van der Waals surface area (Å²) in [6.45, 7) is 0. The van der Waals surface area contributed by atoms with Crippen LogP contribution in [0.1, 0.15) is 0 Å². The van der Waals surface area contributed by atoms with Crippen molar-refractivity contribution in [3.05, 3.63) is 6.07 Å². The monoisotopic (exact) mass is 369 g/mol. The van der Waals surface area contributed by atoms with Crippen molar-refractivity contribution in [1.82, 2.24) is 14.7 Å². The van der Waals surface area contributed by atoms with Crippen LogP contribution in [0.5, 0.6) is 11.8 Å². The van der Waals surface area contributed by atoms with Gasteiger partial charge in [0.15, 0.2) is 0 Å². The zero-order chi connectivity index (χ0) is 18.0. The normalized spacial score (nSPS) is 9.91. The van der Waals surface area contributed by atoms with E-state index in [0.717, 1.165) is 6.26 Å². The molecule has 0 saturated heterocycles. The van der Waals surface area contributed by atoms with Gasteiger partial charge in [0.05, 0.1) is 26.5 Å². The summed E-state index contributed by atoms with van der Waals surface area (Å²) in [5, 5.41) is 2.04. The molecule has 2 N–H and O–H groups in total. The molecular weight excluding hydrogens is 354 g/mol. The Balaban J connectivity index is 0.000000688. The Bertz CT molecular complexity index is 745. The molecule has 0 aromatic carbocycles. The summed E-state index contributed by atoms with van der Waals surface area (Å²) in [6.07, 6.45) is 1.10. The highest BCUT2D eigenvalue weighted by atomic mass is 32.2. The molecule has 1 aromatic heterocycles. The number of aromatic nitrogens is 2. The molecule has 1 aromatic rings. The molecule has 0 saturated carbocycles. The van der Waals surface area contributed by atoms with Gasteiger partial charge in [-0.2, -0.15) is 18.4 Å². The Morgan fingerprint density at radius 3 is 1.96 bits per heavy atom. The molecule has 23 heavy (non-hydrogen) atoms. The second-order valence-corrected chi connectivity index (χ2v) is 6.06. The summed E-state index contributed by atoms with van der Waals surface area (Å²) < 4.78 is 54.5. The largest absolute Gasteiger partial charge is 0.481 e. The van der Waals surface area contributed by atoms with Crippen LogP contribution in [0, 0.1) is 0 Å². The van der Waals surface area contributed by atoms with E-state index in [2.05, 4.69) is 19.1 Å². The lowest BCUT2D eigenvalue weighted by atomic mass is 10.6. The summed E-state index contributed by atoms with van der Waals surface area (Å²) in [7, 11) is -1.65. The molecule has 1 heterocycles. The maximum absolute atomic E-state index is 11.0. The number of nitrogens with zero attached hydrogens (tertiary/aromatic N) is 3. The molecule has 0 unspecified atom stereocenters. The van der Waals surface area contributed by atoms with Crippen molar-refractivity contribution in [2.75, 3.05) is 32.8 Å². The molecular formula is C9H15N5O7S2. The van der Waals surface area contributed by atoms with E-state index in [1.165, 1.54) is 27.3 Å². The fourth-order valence-corrected chi connectivity index (χ4v) is 1.04. The van der Waals surface area contributed by atoms with Crippen molar-refractivity contribution in [3.8, 4) is 11.8 Å². The van der Waals surface area contributed by atoms with Gasteiger partial charge in [-0.1, -0.05) is 4.36 Å². The highest BCUT2D eigenvalue weighted by molar-refractivity contribution is 7.88. The third kappa shape index (κ3) is 10.1. The van der Waals surface area contributed by atoms with Crippen molar-refractivity contribution in [2.45, 2.75) is 0 Å². The fourth-order valence-electron chi connectivity index (χ4n) is 0.855. The van der Waals surface area contributed by atoms with Gasteiger partial charge < -0.3 is 9.47 Å². The van der Waals surface area contributed by atoms with E-state index in [-0.39, 0.29) is 17.7 Å². The second kappa shape index (κ2) is 9.65. The van der Waals surface area contributed by atoms with Crippen molar-refractivity contribution in [1.29, 1.82) is 0 Å². The highest BCUT2D eigenvalue weighted by Crippen LogP contribution is 2.17. The Kier molecular flexibility index (Phi) is 8.67. The third-order valence-electron chi connectivity index (χ3n) is 1.84. The van der Waals surface area contributed by atoms with Crippen LogP contribution < -0.4 is 19.5 Å². The number of nitrogens with one attached hydrogen (secondary N) is 2. The Morgan fingerprint density at radius 2 is 1.65 bits per heavy atom. The van der Waals surface area contributed by atoms with E-state index < -0.39 is 26.6 Å². The number of ether oxygens (including phenoxy) is 2. The first kappa shape index (κ1) is 20.7. The topological polar surface area (TPSA) is 166 Å². The Hall–Kier alpha value is -2.32. The first-order chi connectivity index (χ1) is 10.6. The van der Waals surface area contributed by atoms with Crippen molar-refractivity contribution in [2.24, 2.45) is 4.36 Å². The third-order valence-corrected chi connectivity index (χ3v) is 2.90. The van der Waals surface area contributed by atoms with Crippen LogP contribution in [0.2, 0.25) is 0 Å². The molecule has 1 rings (SSSR count). The molecule has 0 aliphatic carbocycles. The summed E-state index contributed by atoms with van der Waals surface area (Å²) in [4.78, 5) is 18.5. The summed E-state index contributed by atoms with van der Waals surface area (Å²) in [5.74, 6) is 0.117. The van der Waals surface area contributed by atoms with Gasteiger partial charge in [-0.15, -0.1) is 0 Å². The van der Waals surface area contributed by atoms with E-state index >= 15 is 0 Å². The number of carbonyl (C=O) groups excluding carboxylic acids is 1. The van der Waals surface area contributed by atoms with Crippen LogP contribution in [0.3, 0.4) is 0 Å². The van der Waals surface area contributed by atoms with Gasteiger partial charge in [0, 0.05) is 0 Å². The van der Waals surface area contributed by atoms with Crippen LogP contribution in [-0.4, -0.2) is 60.4 Å². The summed E-state index contributed by atoms with van der Waals surface area (Å²) >= 11 is 0. The van der Waals surface area contributed by atoms with Crippen LogP contribution in [0.25, 0.3) is 0 Å². The molecule has 14 heteroatoms. The van der Waals surface area contributed by atoms with Gasteiger partial charge in [-0.25, -0.2) is 17.9 Å². The maximum atomic E-state index is 11.0.